The Kier molecular flexibility index (Phi) is 3.66. The molecule has 0 amide bonds. The zero-order valence-corrected chi connectivity index (χ0v) is 12.7. The molecule has 20 heavy (non-hydrogen) atoms. The van der Waals surface area contributed by atoms with Crippen molar-refractivity contribution in [3.8, 4) is 0 Å². The van der Waals surface area contributed by atoms with Crippen LogP contribution in [0.5, 0.6) is 0 Å². The predicted molar refractivity (Wildman–Crippen MR) is 72.5 cm³/mol. The summed E-state index contributed by atoms with van der Waals surface area (Å²) in [4.78, 5) is 15.4. The van der Waals surface area contributed by atoms with Gasteiger partial charge in [-0.3, -0.25) is 0 Å². The zero-order chi connectivity index (χ0) is 15.1. The van der Waals surface area contributed by atoms with E-state index in [1.54, 1.807) is 0 Å². The van der Waals surface area contributed by atoms with E-state index in [2.05, 4.69) is 4.98 Å². The lowest BCUT2D eigenvalue weighted by atomic mass is 9.91. The molecule has 1 N–H and O–H groups in total. The molecule has 1 aliphatic rings. The van der Waals surface area contributed by atoms with Gasteiger partial charge in [-0.1, -0.05) is 27.2 Å². The van der Waals surface area contributed by atoms with Crippen molar-refractivity contribution >= 4 is 15.8 Å². The van der Waals surface area contributed by atoms with E-state index in [9.17, 15) is 18.3 Å². The highest BCUT2D eigenvalue weighted by atomic mass is 32.2. The van der Waals surface area contributed by atoms with E-state index in [-0.39, 0.29) is 17.4 Å². The number of rotatable bonds is 2. The molecule has 0 radical (unpaired) electrons. The first kappa shape index (κ1) is 15.0. The molecule has 6 nitrogen and oxygen atoms in total. The van der Waals surface area contributed by atoms with Crippen molar-refractivity contribution in [1.82, 2.24) is 4.98 Å². The number of sulfone groups is 1. The number of carbonyl (C=O) groups is 1. The first-order valence-corrected chi connectivity index (χ1v) is 8.30. The third-order valence-corrected chi connectivity index (χ3v) is 5.56. The van der Waals surface area contributed by atoms with Crippen LogP contribution < -0.4 is 0 Å². The molecule has 0 bridgehead atoms. The Morgan fingerprint density at radius 2 is 2.00 bits per heavy atom. The first-order chi connectivity index (χ1) is 9.13. The molecule has 0 aliphatic carbocycles. The second kappa shape index (κ2) is 4.87. The van der Waals surface area contributed by atoms with Gasteiger partial charge in [-0.05, 0) is 12.8 Å². The summed E-state index contributed by atoms with van der Waals surface area (Å²) in [6.45, 7) is 5.45. The second-order valence-corrected chi connectivity index (χ2v) is 8.44. The summed E-state index contributed by atoms with van der Waals surface area (Å²) in [6, 6.07) is 0. The van der Waals surface area contributed by atoms with Gasteiger partial charge < -0.3 is 9.52 Å². The van der Waals surface area contributed by atoms with Gasteiger partial charge in [0.2, 0.25) is 11.7 Å². The quantitative estimate of drug-likeness (QED) is 0.900. The summed E-state index contributed by atoms with van der Waals surface area (Å²) in [5.74, 6) is -1.35. The largest absolute Gasteiger partial charge is 0.475 e. The fourth-order valence-electron chi connectivity index (χ4n) is 2.36. The third-order valence-electron chi connectivity index (χ3n) is 3.40. The lowest BCUT2D eigenvalue weighted by Gasteiger charge is -2.19. The minimum atomic E-state index is -3.30. The van der Waals surface area contributed by atoms with Crippen molar-refractivity contribution in [3.05, 3.63) is 17.3 Å². The summed E-state index contributed by atoms with van der Waals surface area (Å²) in [5, 5.41) is 8.37. The van der Waals surface area contributed by atoms with Crippen LogP contribution in [-0.4, -0.2) is 30.2 Å². The van der Waals surface area contributed by atoms with Gasteiger partial charge in [-0.25, -0.2) is 18.2 Å². The zero-order valence-electron chi connectivity index (χ0n) is 11.8. The van der Waals surface area contributed by atoms with Crippen molar-refractivity contribution in [1.29, 1.82) is 0 Å². The summed E-state index contributed by atoms with van der Waals surface area (Å²) < 4.78 is 29.4. The van der Waals surface area contributed by atoms with E-state index in [1.807, 2.05) is 20.8 Å². The Bertz CT molecular complexity index is 624. The van der Waals surface area contributed by atoms with E-state index in [0.717, 1.165) is 6.42 Å². The smallest absolute Gasteiger partial charge is 0.373 e. The standard InChI is InChI=1S/C13H19NO5S/c1-13(2,3)10-9(12(15)16)19-11(14-10)8-6-4-5-7-20(8,17)18/h8H,4-7H2,1-3H3,(H,15,16). The van der Waals surface area contributed by atoms with Crippen LogP contribution in [0.4, 0.5) is 0 Å². The van der Waals surface area contributed by atoms with Crippen molar-refractivity contribution in [2.45, 2.75) is 50.7 Å². The molecular weight excluding hydrogens is 282 g/mol. The average Bonchev–Trinajstić information content (AvgIpc) is 2.72. The number of oxazole rings is 1. The van der Waals surface area contributed by atoms with Crippen molar-refractivity contribution < 1.29 is 22.7 Å². The van der Waals surface area contributed by atoms with Crippen LogP contribution in [0.2, 0.25) is 0 Å². The Labute approximate surface area is 118 Å². The monoisotopic (exact) mass is 301 g/mol. The van der Waals surface area contributed by atoms with Gasteiger partial charge in [-0.15, -0.1) is 0 Å². The van der Waals surface area contributed by atoms with Gasteiger partial charge >= 0.3 is 5.97 Å². The lowest BCUT2D eigenvalue weighted by molar-refractivity contribution is 0.0656. The maximum atomic E-state index is 12.1. The first-order valence-electron chi connectivity index (χ1n) is 6.59. The van der Waals surface area contributed by atoms with Crippen LogP contribution in [0.15, 0.2) is 4.42 Å². The van der Waals surface area contributed by atoms with E-state index in [1.165, 1.54) is 0 Å². The Morgan fingerprint density at radius 3 is 2.45 bits per heavy atom. The van der Waals surface area contributed by atoms with Crippen molar-refractivity contribution in [3.63, 3.8) is 0 Å². The van der Waals surface area contributed by atoms with E-state index >= 15 is 0 Å². The fraction of sp³-hybridized carbons (Fsp3) is 0.692. The molecule has 7 heteroatoms. The van der Waals surface area contributed by atoms with Crippen LogP contribution in [-0.2, 0) is 15.3 Å². The van der Waals surface area contributed by atoms with E-state index < -0.39 is 26.5 Å². The Morgan fingerprint density at radius 1 is 1.35 bits per heavy atom. The SMILES string of the molecule is CC(C)(C)c1nc(C2CCCCS2(=O)=O)oc1C(=O)O. The van der Waals surface area contributed by atoms with Gasteiger partial charge in [0.15, 0.2) is 9.84 Å². The predicted octanol–water partition coefficient (Wildman–Crippen LogP) is 2.31. The number of hydrogen-bond acceptors (Lipinski definition) is 5. The number of hydrogen-bond donors (Lipinski definition) is 1. The third kappa shape index (κ3) is 2.72. The normalized spacial score (nSPS) is 22.6. The number of carboxylic acid groups (broad SMARTS) is 1. The molecule has 0 spiro atoms. The molecule has 1 aliphatic heterocycles. The van der Waals surface area contributed by atoms with Crippen LogP contribution in [0, 0.1) is 0 Å². The highest BCUT2D eigenvalue weighted by Crippen LogP contribution is 2.36. The molecule has 2 heterocycles. The van der Waals surface area contributed by atoms with Crippen molar-refractivity contribution in [2.75, 3.05) is 5.75 Å². The van der Waals surface area contributed by atoms with Gasteiger partial charge in [0, 0.05) is 5.41 Å². The molecule has 1 fully saturated rings. The lowest BCUT2D eigenvalue weighted by Crippen LogP contribution is -2.22. The number of carboxylic acids is 1. The molecule has 1 aromatic rings. The fourth-order valence-corrected chi connectivity index (χ4v) is 4.18. The summed E-state index contributed by atoms with van der Waals surface area (Å²) in [7, 11) is -3.30. The Hall–Kier alpha value is -1.37. The second-order valence-electron chi connectivity index (χ2n) is 6.14. The molecule has 112 valence electrons. The average molecular weight is 301 g/mol. The highest BCUT2D eigenvalue weighted by molar-refractivity contribution is 7.91. The number of aromatic nitrogens is 1. The molecule has 2 rings (SSSR count). The van der Waals surface area contributed by atoms with Gasteiger partial charge in [-0.2, -0.15) is 0 Å². The topological polar surface area (TPSA) is 97.5 Å². The summed E-state index contributed by atoms with van der Waals surface area (Å²) >= 11 is 0. The van der Waals surface area contributed by atoms with Crippen molar-refractivity contribution in [2.24, 2.45) is 0 Å². The maximum absolute atomic E-state index is 12.1. The molecule has 1 atom stereocenters. The van der Waals surface area contributed by atoms with Gasteiger partial charge in [0.05, 0.1) is 11.4 Å². The van der Waals surface area contributed by atoms with Crippen LogP contribution in [0.3, 0.4) is 0 Å². The molecular formula is C13H19NO5S. The number of aromatic carboxylic acids is 1. The highest BCUT2D eigenvalue weighted by Gasteiger charge is 2.37. The minimum Gasteiger partial charge on any atom is -0.475 e. The van der Waals surface area contributed by atoms with Gasteiger partial charge in [0.1, 0.15) is 5.25 Å². The molecule has 0 aromatic carbocycles. The van der Waals surface area contributed by atoms with Gasteiger partial charge in [0.25, 0.3) is 0 Å². The number of nitrogens with zero attached hydrogens (tertiary/aromatic N) is 1. The molecule has 0 saturated carbocycles. The van der Waals surface area contributed by atoms with E-state index in [4.69, 9.17) is 4.42 Å². The maximum Gasteiger partial charge on any atom is 0.373 e. The Balaban J connectivity index is 2.51. The van der Waals surface area contributed by atoms with Crippen LogP contribution in [0.25, 0.3) is 0 Å². The molecule has 1 unspecified atom stereocenters. The van der Waals surface area contributed by atoms with Crippen LogP contribution >= 0.6 is 0 Å². The van der Waals surface area contributed by atoms with E-state index in [0.29, 0.717) is 18.5 Å². The molecule has 1 saturated heterocycles. The molecule has 1 aromatic heterocycles. The van der Waals surface area contributed by atoms with Crippen LogP contribution in [0.1, 0.15) is 67.4 Å². The summed E-state index contributed by atoms with van der Waals surface area (Å²) in [6.07, 6.45) is 1.85. The minimum absolute atomic E-state index is 0.0204. The summed E-state index contributed by atoms with van der Waals surface area (Å²) in [5.41, 5.74) is -0.228.